The van der Waals surface area contributed by atoms with Crippen LogP contribution in [0.4, 0.5) is 5.69 Å². The number of rotatable bonds is 10. The average molecular weight is 491 g/mol. The predicted molar refractivity (Wildman–Crippen MR) is 126 cm³/mol. The molecule has 6 nitrogen and oxygen atoms in total. The summed E-state index contributed by atoms with van der Waals surface area (Å²) in [6.45, 7) is 1.89. The Morgan fingerprint density at radius 2 is 1.87 bits per heavy atom. The quantitative estimate of drug-likeness (QED) is 0.506. The van der Waals surface area contributed by atoms with Gasteiger partial charge in [-0.3, -0.25) is 9.10 Å². The van der Waals surface area contributed by atoms with E-state index in [2.05, 4.69) is 5.32 Å². The van der Waals surface area contributed by atoms with Gasteiger partial charge in [0.05, 0.1) is 19.1 Å². The minimum atomic E-state index is -3.69. The molecule has 0 spiro atoms. The summed E-state index contributed by atoms with van der Waals surface area (Å²) in [6, 6.07) is 10.5. The molecule has 0 heterocycles. The van der Waals surface area contributed by atoms with Gasteiger partial charge in [0.25, 0.3) is 0 Å². The van der Waals surface area contributed by atoms with Crippen molar-refractivity contribution in [1.29, 1.82) is 0 Å². The molecule has 10 heteroatoms. The summed E-state index contributed by atoms with van der Waals surface area (Å²) >= 11 is 13.9. The van der Waals surface area contributed by atoms with Gasteiger partial charge in [-0.2, -0.15) is 11.8 Å². The zero-order valence-electron chi connectivity index (χ0n) is 16.9. The van der Waals surface area contributed by atoms with Gasteiger partial charge >= 0.3 is 0 Å². The number of methoxy groups -OCH3 is 1. The van der Waals surface area contributed by atoms with Crippen LogP contribution in [0.1, 0.15) is 11.1 Å². The van der Waals surface area contributed by atoms with Crippen LogP contribution in [0.3, 0.4) is 0 Å². The minimum Gasteiger partial charge on any atom is -0.495 e. The molecule has 2 aromatic rings. The van der Waals surface area contributed by atoms with Gasteiger partial charge in [-0.1, -0.05) is 35.3 Å². The maximum Gasteiger partial charge on any atom is 0.240 e. The van der Waals surface area contributed by atoms with Crippen LogP contribution in [-0.4, -0.2) is 46.5 Å². The molecule has 0 saturated carbocycles. The second-order valence-corrected chi connectivity index (χ2v) is 10.4. The summed E-state index contributed by atoms with van der Waals surface area (Å²) in [5.74, 6) is 1.22. The van der Waals surface area contributed by atoms with Crippen LogP contribution in [0.15, 0.2) is 36.4 Å². The molecular weight excluding hydrogens is 467 g/mol. The Balaban J connectivity index is 1.94. The molecule has 30 heavy (non-hydrogen) atoms. The number of anilines is 1. The van der Waals surface area contributed by atoms with Gasteiger partial charge in [0.15, 0.2) is 0 Å². The van der Waals surface area contributed by atoms with Gasteiger partial charge in [0.2, 0.25) is 15.9 Å². The Morgan fingerprint density at radius 1 is 1.20 bits per heavy atom. The minimum absolute atomic E-state index is 0.331. The van der Waals surface area contributed by atoms with Gasteiger partial charge in [0.1, 0.15) is 12.3 Å². The molecule has 1 N–H and O–H groups in total. The molecule has 0 fully saturated rings. The largest absolute Gasteiger partial charge is 0.495 e. The first-order valence-corrected chi connectivity index (χ1v) is 12.8. The first kappa shape index (κ1) is 24.7. The summed E-state index contributed by atoms with van der Waals surface area (Å²) in [5, 5.41) is 3.96. The highest BCUT2D eigenvalue weighted by molar-refractivity contribution is 7.98. The Kier molecular flexibility index (Phi) is 9.15. The number of ether oxygens (including phenoxy) is 1. The van der Waals surface area contributed by atoms with Crippen molar-refractivity contribution >= 4 is 56.6 Å². The summed E-state index contributed by atoms with van der Waals surface area (Å²) in [7, 11) is -2.23. The zero-order chi connectivity index (χ0) is 22.3. The summed E-state index contributed by atoms with van der Waals surface area (Å²) in [5.41, 5.74) is 2.04. The van der Waals surface area contributed by atoms with Crippen LogP contribution < -0.4 is 14.4 Å². The van der Waals surface area contributed by atoms with Crippen molar-refractivity contribution in [2.75, 3.05) is 36.5 Å². The first-order chi connectivity index (χ1) is 14.1. The maximum atomic E-state index is 12.4. The number of carbonyl (C=O) groups excluding carboxylic acids is 1. The number of nitrogens with one attached hydrogen (secondary N) is 1. The normalized spacial score (nSPS) is 11.2. The molecule has 0 aliphatic rings. The van der Waals surface area contributed by atoms with Gasteiger partial charge in [-0.05, 0) is 42.3 Å². The van der Waals surface area contributed by atoms with Crippen molar-refractivity contribution in [3.05, 3.63) is 57.6 Å². The Labute approximate surface area is 191 Å². The molecule has 2 aromatic carbocycles. The van der Waals surface area contributed by atoms with E-state index in [4.69, 9.17) is 27.9 Å². The van der Waals surface area contributed by atoms with Crippen LogP contribution in [0.25, 0.3) is 0 Å². The highest BCUT2D eigenvalue weighted by atomic mass is 35.5. The number of carbonyl (C=O) groups is 1. The van der Waals surface area contributed by atoms with Crippen molar-refractivity contribution < 1.29 is 17.9 Å². The summed E-state index contributed by atoms with van der Waals surface area (Å²) in [4.78, 5) is 12.4. The molecule has 2 rings (SSSR count). The second-order valence-electron chi connectivity index (χ2n) is 6.55. The first-order valence-electron chi connectivity index (χ1n) is 9.03. The Morgan fingerprint density at radius 3 is 2.47 bits per heavy atom. The highest BCUT2D eigenvalue weighted by Crippen LogP contribution is 2.31. The lowest BCUT2D eigenvalue weighted by atomic mass is 10.2. The fraction of sp³-hybridized carbons (Fsp3) is 0.350. The number of sulfonamides is 1. The lowest BCUT2D eigenvalue weighted by Crippen LogP contribution is -2.41. The molecule has 0 saturated heterocycles. The number of benzene rings is 2. The average Bonchev–Trinajstić information content (AvgIpc) is 2.67. The van der Waals surface area contributed by atoms with E-state index in [0.717, 1.165) is 21.7 Å². The monoisotopic (exact) mass is 490 g/mol. The summed E-state index contributed by atoms with van der Waals surface area (Å²) < 4.78 is 30.9. The molecule has 0 aliphatic heterocycles. The van der Waals surface area contributed by atoms with E-state index in [0.29, 0.717) is 39.5 Å². The molecule has 0 aliphatic carbocycles. The molecule has 0 radical (unpaired) electrons. The SMILES string of the molecule is COc1ccc(C)cc1N(CC(=O)NCCSCc1c(Cl)cccc1Cl)S(C)(=O)=O. The number of amides is 1. The van der Waals surface area contributed by atoms with Crippen LogP contribution in [0.2, 0.25) is 10.0 Å². The van der Waals surface area contributed by atoms with Crippen molar-refractivity contribution in [3.8, 4) is 5.75 Å². The third kappa shape index (κ3) is 6.97. The molecule has 0 bridgehead atoms. The topological polar surface area (TPSA) is 75.7 Å². The fourth-order valence-corrected chi connectivity index (χ4v) is 5.12. The van der Waals surface area contributed by atoms with Crippen LogP contribution in [-0.2, 0) is 20.6 Å². The van der Waals surface area contributed by atoms with Crippen LogP contribution in [0, 0.1) is 6.92 Å². The molecular formula is C20H24Cl2N2O4S2. The number of thioether (sulfide) groups is 1. The van der Waals surface area contributed by atoms with Crippen molar-refractivity contribution in [2.45, 2.75) is 12.7 Å². The number of aryl methyl sites for hydroxylation is 1. The van der Waals surface area contributed by atoms with Crippen molar-refractivity contribution in [3.63, 3.8) is 0 Å². The van der Waals surface area contributed by atoms with E-state index in [1.807, 2.05) is 13.0 Å². The maximum absolute atomic E-state index is 12.4. The second kappa shape index (κ2) is 11.1. The van der Waals surface area contributed by atoms with Crippen molar-refractivity contribution in [2.24, 2.45) is 0 Å². The molecule has 0 atom stereocenters. The Hall–Kier alpha value is -1.61. The van der Waals surface area contributed by atoms with Crippen molar-refractivity contribution in [1.82, 2.24) is 5.32 Å². The third-order valence-electron chi connectivity index (χ3n) is 4.17. The lowest BCUT2D eigenvalue weighted by molar-refractivity contribution is -0.119. The lowest BCUT2D eigenvalue weighted by Gasteiger charge is -2.24. The number of halogens is 2. The number of hydrogen-bond donors (Lipinski definition) is 1. The van der Waals surface area contributed by atoms with Crippen LogP contribution in [0.5, 0.6) is 5.75 Å². The van der Waals surface area contributed by atoms with E-state index in [1.165, 1.54) is 7.11 Å². The molecule has 0 aromatic heterocycles. The van der Waals surface area contributed by atoms with E-state index in [-0.39, 0.29) is 6.54 Å². The van der Waals surface area contributed by atoms with E-state index in [1.54, 1.807) is 42.1 Å². The fourth-order valence-electron chi connectivity index (χ4n) is 2.67. The van der Waals surface area contributed by atoms with Crippen LogP contribution >= 0.6 is 35.0 Å². The molecule has 164 valence electrons. The van der Waals surface area contributed by atoms with Gasteiger partial charge in [-0.15, -0.1) is 0 Å². The Bertz CT molecular complexity index is 980. The third-order valence-corrected chi connectivity index (χ3v) is 6.99. The van der Waals surface area contributed by atoms with E-state index in [9.17, 15) is 13.2 Å². The molecule has 1 amide bonds. The summed E-state index contributed by atoms with van der Waals surface area (Å²) in [6.07, 6.45) is 1.06. The van der Waals surface area contributed by atoms with E-state index < -0.39 is 15.9 Å². The standard InChI is InChI=1S/C20H24Cl2N2O4S2/c1-14-7-8-19(28-2)18(11-14)24(30(3,26)27)12-20(25)23-9-10-29-13-15-16(21)5-4-6-17(15)22/h4-8,11H,9-10,12-13H2,1-3H3,(H,23,25). The highest BCUT2D eigenvalue weighted by Gasteiger charge is 2.24. The smallest absolute Gasteiger partial charge is 0.240 e. The number of hydrogen-bond acceptors (Lipinski definition) is 5. The predicted octanol–water partition coefficient (Wildman–Crippen LogP) is 4.13. The van der Waals surface area contributed by atoms with E-state index >= 15 is 0 Å². The van der Waals surface area contributed by atoms with Gasteiger partial charge < -0.3 is 10.1 Å². The number of nitrogens with zero attached hydrogens (tertiary/aromatic N) is 1. The van der Waals surface area contributed by atoms with Gasteiger partial charge in [-0.25, -0.2) is 8.42 Å². The molecule has 0 unspecified atom stereocenters. The van der Waals surface area contributed by atoms with Gasteiger partial charge in [0, 0.05) is 28.1 Å². The zero-order valence-corrected chi connectivity index (χ0v) is 20.1.